The Balaban J connectivity index is 2.04. The van der Waals surface area contributed by atoms with Crippen molar-refractivity contribution < 1.29 is 14.9 Å². The second kappa shape index (κ2) is 6.68. The number of benzene rings is 1. The first kappa shape index (κ1) is 14.8. The molecule has 0 aromatic heterocycles. The summed E-state index contributed by atoms with van der Waals surface area (Å²) in [5.74, 6) is 0. The Morgan fingerprint density at radius 3 is 2.68 bits per heavy atom. The second-order valence-corrected chi connectivity index (χ2v) is 5.39. The number of aliphatic hydroxyl groups is 2. The van der Waals surface area contributed by atoms with E-state index >= 15 is 0 Å². The average Bonchev–Trinajstić information content (AvgIpc) is 2.77. The Bertz CT molecular complexity index is 398. The Hall–Kier alpha value is -0.650. The van der Waals surface area contributed by atoms with Crippen LogP contribution >= 0.6 is 11.6 Å². The summed E-state index contributed by atoms with van der Waals surface area (Å²) in [6, 6.07) is 7.57. The zero-order chi connectivity index (χ0) is 13.8. The van der Waals surface area contributed by atoms with Crippen LogP contribution in [0.1, 0.15) is 18.1 Å². The molecule has 1 aliphatic rings. The lowest BCUT2D eigenvalue weighted by Crippen LogP contribution is -2.36. The fourth-order valence-electron chi connectivity index (χ4n) is 2.58. The lowest BCUT2D eigenvalue weighted by atomic mass is 10.1. The molecule has 1 aromatic rings. The summed E-state index contributed by atoms with van der Waals surface area (Å²) in [7, 11) is 1.67. The smallest absolute Gasteiger partial charge is 0.0948 e. The predicted octanol–water partition coefficient (Wildman–Crippen LogP) is 1.45. The maximum absolute atomic E-state index is 9.68. The summed E-state index contributed by atoms with van der Waals surface area (Å²) in [5.41, 5.74) is 1.05. The van der Waals surface area contributed by atoms with E-state index in [9.17, 15) is 10.2 Å². The van der Waals surface area contributed by atoms with Gasteiger partial charge < -0.3 is 14.9 Å². The molecule has 0 bridgehead atoms. The third kappa shape index (κ3) is 3.68. The zero-order valence-corrected chi connectivity index (χ0v) is 11.8. The van der Waals surface area contributed by atoms with Crippen LogP contribution in [0.25, 0.3) is 0 Å². The summed E-state index contributed by atoms with van der Waals surface area (Å²) in [5, 5.41) is 19.7. The van der Waals surface area contributed by atoms with Crippen molar-refractivity contribution in [2.75, 3.05) is 26.8 Å². The first-order valence-corrected chi connectivity index (χ1v) is 6.83. The van der Waals surface area contributed by atoms with E-state index in [0.29, 0.717) is 24.5 Å². The van der Waals surface area contributed by atoms with Gasteiger partial charge in [0, 0.05) is 31.3 Å². The molecular formula is C14H20ClNO3. The van der Waals surface area contributed by atoms with Crippen LogP contribution in [0.4, 0.5) is 0 Å². The molecule has 0 unspecified atom stereocenters. The van der Waals surface area contributed by atoms with Gasteiger partial charge in [0.2, 0.25) is 0 Å². The van der Waals surface area contributed by atoms with Crippen molar-refractivity contribution in [1.82, 2.24) is 4.90 Å². The fraction of sp³-hybridized carbons (Fsp3) is 0.571. The summed E-state index contributed by atoms with van der Waals surface area (Å²) in [6.07, 6.45) is 0.171. The molecule has 1 aliphatic heterocycles. The summed E-state index contributed by atoms with van der Waals surface area (Å²) in [6.45, 7) is 1.30. The van der Waals surface area contributed by atoms with Gasteiger partial charge >= 0.3 is 0 Å². The number of hydrogen-bond acceptors (Lipinski definition) is 4. The Morgan fingerprint density at radius 2 is 2.11 bits per heavy atom. The van der Waals surface area contributed by atoms with E-state index in [-0.39, 0.29) is 24.9 Å². The Kier molecular flexibility index (Phi) is 5.19. The molecule has 2 N–H and O–H groups in total. The van der Waals surface area contributed by atoms with E-state index in [1.165, 1.54) is 0 Å². The summed E-state index contributed by atoms with van der Waals surface area (Å²) < 4.78 is 5.52. The number of aliphatic hydroxyl groups excluding tert-OH is 2. The van der Waals surface area contributed by atoms with Gasteiger partial charge in [-0.1, -0.05) is 23.7 Å². The minimum Gasteiger partial charge on any atom is -0.395 e. The molecule has 3 atom stereocenters. The molecule has 0 saturated carbocycles. The number of methoxy groups -OCH3 is 1. The van der Waals surface area contributed by atoms with Crippen LogP contribution in [0.15, 0.2) is 24.3 Å². The van der Waals surface area contributed by atoms with E-state index in [4.69, 9.17) is 16.3 Å². The fourth-order valence-corrected chi connectivity index (χ4v) is 2.70. The molecule has 4 nitrogen and oxygen atoms in total. The van der Waals surface area contributed by atoms with Crippen LogP contribution in [0.2, 0.25) is 5.02 Å². The van der Waals surface area contributed by atoms with Crippen LogP contribution < -0.4 is 0 Å². The van der Waals surface area contributed by atoms with Gasteiger partial charge in [0.1, 0.15) is 0 Å². The van der Waals surface area contributed by atoms with Crippen LogP contribution in [0, 0.1) is 0 Å². The first-order valence-electron chi connectivity index (χ1n) is 6.45. The van der Waals surface area contributed by atoms with Gasteiger partial charge in [-0.25, -0.2) is 0 Å². The topological polar surface area (TPSA) is 52.9 Å². The third-order valence-electron chi connectivity index (χ3n) is 3.64. The minimum atomic E-state index is -0.361. The van der Waals surface area contributed by atoms with Gasteiger partial charge in [0.25, 0.3) is 0 Å². The third-order valence-corrected chi connectivity index (χ3v) is 3.90. The highest BCUT2D eigenvalue weighted by molar-refractivity contribution is 6.30. The van der Waals surface area contributed by atoms with E-state index in [0.717, 1.165) is 5.56 Å². The van der Waals surface area contributed by atoms with E-state index < -0.39 is 0 Å². The molecule has 0 amide bonds. The largest absolute Gasteiger partial charge is 0.395 e. The molecule has 2 rings (SSSR count). The average molecular weight is 286 g/mol. The lowest BCUT2D eigenvalue weighted by molar-refractivity contribution is 0.0466. The number of halogens is 1. The van der Waals surface area contributed by atoms with Gasteiger partial charge in [-0.3, -0.25) is 4.90 Å². The normalized spacial score (nSPS) is 25.7. The minimum absolute atomic E-state index is 0.0138. The SMILES string of the molecule is CO[C@H](CN1C[C@H](O)C[C@H]1CO)c1ccc(Cl)cc1. The highest BCUT2D eigenvalue weighted by atomic mass is 35.5. The van der Waals surface area contributed by atoms with Crippen molar-refractivity contribution in [2.45, 2.75) is 24.7 Å². The molecule has 1 fully saturated rings. The number of hydrogen-bond donors (Lipinski definition) is 2. The molecule has 1 saturated heterocycles. The predicted molar refractivity (Wildman–Crippen MR) is 74.3 cm³/mol. The second-order valence-electron chi connectivity index (χ2n) is 4.96. The van der Waals surface area contributed by atoms with Gasteiger partial charge in [0.05, 0.1) is 18.8 Å². The van der Waals surface area contributed by atoms with E-state index in [2.05, 4.69) is 4.90 Å². The molecule has 106 valence electrons. The Labute approximate surface area is 118 Å². The van der Waals surface area contributed by atoms with E-state index in [1.54, 1.807) is 7.11 Å². The molecule has 1 aromatic carbocycles. The highest BCUT2D eigenvalue weighted by Gasteiger charge is 2.32. The molecule has 0 radical (unpaired) electrons. The first-order chi connectivity index (χ1) is 9.13. The van der Waals surface area contributed by atoms with Crippen LogP contribution in [-0.4, -0.2) is 54.1 Å². The highest BCUT2D eigenvalue weighted by Crippen LogP contribution is 2.25. The van der Waals surface area contributed by atoms with Crippen molar-refractivity contribution >= 4 is 11.6 Å². The van der Waals surface area contributed by atoms with Crippen LogP contribution in [0.3, 0.4) is 0 Å². The molecule has 5 heteroatoms. The van der Waals surface area contributed by atoms with Crippen LogP contribution in [0.5, 0.6) is 0 Å². The van der Waals surface area contributed by atoms with E-state index in [1.807, 2.05) is 24.3 Å². The lowest BCUT2D eigenvalue weighted by Gasteiger charge is -2.27. The van der Waals surface area contributed by atoms with Crippen LogP contribution in [-0.2, 0) is 4.74 Å². The maximum Gasteiger partial charge on any atom is 0.0948 e. The Morgan fingerprint density at radius 1 is 1.42 bits per heavy atom. The molecule has 19 heavy (non-hydrogen) atoms. The number of likely N-dealkylation sites (tertiary alicyclic amines) is 1. The van der Waals surface area contributed by atoms with Gasteiger partial charge in [-0.15, -0.1) is 0 Å². The summed E-state index contributed by atoms with van der Waals surface area (Å²) >= 11 is 5.88. The number of ether oxygens (including phenoxy) is 1. The standard InChI is InChI=1S/C14H20ClNO3/c1-19-14(10-2-4-11(15)5-3-10)8-16-7-13(18)6-12(16)9-17/h2-5,12-14,17-18H,6-9H2,1H3/t12-,13+,14+/m0/s1. The summed E-state index contributed by atoms with van der Waals surface area (Å²) in [4.78, 5) is 2.08. The molecule has 1 heterocycles. The quantitative estimate of drug-likeness (QED) is 0.860. The monoisotopic (exact) mass is 285 g/mol. The van der Waals surface area contributed by atoms with Gasteiger partial charge in [0.15, 0.2) is 0 Å². The molecule has 0 spiro atoms. The zero-order valence-electron chi connectivity index (χ0n) is 11.0. The van der Waals surface area contributed by atoms with Crippen molar-refractivity contribution in [3.8, 4) is 0 Å². The number of rotatable bonds is 5. The van der Waals surface area contributed by atoms with Crippen molar-refractivity contribution in [2.24, 2.45) is 0 Å². The number of β-amino-alcohol motifs (C(OH)–C–C–N with tert-alkyl or cyclic N) is 1. The number of nitrogens with zero attached hydrogens (tertiary/aromatic N) is 1. The molecule has 0 aliphatic carbocycles. The van der Waals surface area contributed by atoms with Gasteiger partial charge in [-0.2, -0.15) is 0 Å². The maximum atomic E-state index is 9.68. The van der Waals surface area contributed by atoms with Crippen molar-refractivity contribution in [3.05, 3.63) is 34.9 Å². The van der Waals surface area contributed by atoms with Gasteiger partial charge in [-0.05, 0) is 24.1 Å². The van der Waals surface area contributed by atoms with Crippen molar-refractivity contribution in [3.63, 3.8) is 0 Å². The van der Waals surface area contributed by atoms with Crippen molar-refractivity contribution in [1.29, 1.82) is 0 Å². The molecular weight excluding hydrogens is 266 g/mol.